The summed E-state index contributed by atoms with van der Waals surface area (Å²) in [5.74, 6) is 0.955. The number of ether oxygens (including phenoxy) is 1. The van der Waals surface area contributed by atoms with Crippen LogP contribution in [0.15, 0.2) is 11.3 Å². The molecule has 0 aliphatic carbocycles. The van der Waals surface area contributed by atoms with Gasteiger partial charge in [-0.15, -0.1) is 0 Å². The molecule has 2 heteroatoms. The molecule has 12 heavy (non-hydrogen) atoms. The zero-order valence-corrected chi connectivity index (χ0v) is 8.23. The molecule has 0 amide bonds. The molecule has 68 valence electrons. The molecule has 1 atom stereocenters. The van der Waals surface area contributed by atoms with Crippen LogP contribution < -0.4 is 0 Å². The number of hydrogen-bond acceptors (Lipinski definition) is 2. The number of carbonyl (C=O) groups excluding carboxylic acids is 1. The Labute approximate surface area is 73.6 Å². The number of carbonyl (C=O) groups is 1. The van der Waals surface area contributed by atoms with Crippen molar-refractivity contribution < 1.29 is 9.53 Å². The molecule has 1 aliphatic heterocycles. The van der Waals surface area contributed by atoms with E-state index >= 15 is 0 Å². The normalized spacial score (nSPS) is 29.0. The molecular weight excluding hydrogens is 152 g/mol. The average molecular weight is 168 g/mol. The van der Waals surface area contributed by atoms with Crippen molar-refractivity contribution in [3.8, 4) is 0 Å². The van der Waals surface area contributed by atoms with Crippen LogP contribution in [0, 0.1) is 0 Å². The van der Waals surface area contributed by atoms with E-state index in [2.05, 4.69) is 6.92 Å². The first kappa shape index (κ1) is 9.30. The van der Waals surface area contributed by atoms with Gasteiger partial charge in [0.2, 0.25) is 0 Å². The van der Waals surface area contributed by atoms with Crippen molar-refractivity contribution in [2.75, 3.05) is 0 Å². The van der Waals surface area contributed by atoms with Crippen LogP contribution in [0.3, 0.4) is 0 Å². The predicted octanol–water partition coefficient (Wildman–Crippen LogP) is 2.44. The monoisotopic (exact) mass is 168 g/mol. The van der Waals surface area contributed by atoms with Gasteiger partial charge in [-0.2, -0.15) is 0 Å². The smallest absolute Gasteiger partial charge is 0.159 e. The summed E-state index contributed by atoms with van der Waals surface area (Å²) in [5, 5.41) is 0. The first-order chi connectivity index (χ1) is 5.48. The number of rotatable bonds is 2. The highest BCUT2D eigenvalue weighted by Crippen LogP contribution is 2.35. The highest BCUT2D eigenvalue weighted by Gasteiger charge is 2.34. The second kappa shape index (κ2) is 2.92. The van der Waals surface area contributed by atoms with Crippen LogP contribution in [-0.2, 0) is 9.53 Å². The first-order valence-corrected chi connectivity index (χ1v) is 4.38. The van der Waals surface area contributed by atoms with Crippen molar-refractivity contribution >= 4 is 5.78 Å². The van der Waals surface area contributed by atoms with Crippen molar-refractivity contribution in [1.29, 1.82) is 0 Å². The highest BCUT2D eigenvalue weighted by molar-refractivity contribution is 5.94. The van der Waals surface area contributed by atoms with Crippen molar-refractivity contribution in [1.82, 2.24) is 0 Å². The fourth-order valence-electron chi connectivity index (χ4n) is 1.54. The van der Waals surface area contributed by atoms with E-state index in [1.54, 1.807) is 6.92 Å². The molecule has 0 radical (unpaired) electrons. The molecule has 1 aliphatic rings. The molecule has 0 aromatic rings. The Hall–Kier alpha value is -0.790. The van der Waals surface area contributed by atoms with Gasteiger partial charge >= 0.3 is 0 Å². The van der Waals surface area contributed by atoms with E-state index in [-0.39, 0.29) is 11.4 Å². The zero-order chi connectivity index (χ0) is 9.35. The zero-order valence-electron chi connectivity index (χ0n) is 8.23. The lowest BCUT2D eigenvalue weighted by Crippen LogP contribution is -2.22. The van der Waals surface area contributed by atoms with Gasteiger partial charge in [-0.25, -0.2) is 0 Å². The third-order valence-electron chi connectivity index (χ3n) is 2.55. The van der Waals surface area contributed by atoms with Crippen molar-refractivity contribution in [2.45, 2.75) is 46.1 Å². The molecule has 0 fully saturated rings. The van der Waals surface area contributed by atoms with Gasteiger partial charge in [0.05, 0.1) is 0 Å². The summed E-state index contributed by atoms with van der Waals surface area (Å²) >= 11 is 0. The summed E-state index contributed by atoms with van der Waals surface area (Å²) in [5.41, 5.74) is 0.727. The number of ketones is 1. The Kier molecular flexibility index (Phi) is 2.27. The minimum Gasteiger partial charge on any atom is -0.491 e. The second-order valence-corrected chi connectivity index (χ2v) is 3.67. The second-order valence-electron chi connectivity index (χ2n) is 3.67. The first-order valence-electron chi connectivity index (χ1n) is 4.38. The van der Waals surface area contributed by atoms with Crippen molar-refractivity contribution in [3.63, 3.8) is 0 Å². The van der Waals surface area contributed by atoms with Crippen LogP contribution >= 0.6 is 0 Å². The SMILES string of the molecule is CCC1(C)CC(C(C)=O)=C(C)O1. The molecule has 0 saturated carbocycles. The molecule has 0 aromatic heterocycles. The van der Waals surface area contributed by atoms with Gasteiger partial charge in [0, 0.05) is 12.0 Å². The maximum atomic E-state index is 11.1. The summed E-state index contributed by atoms with van der Waals surface area (Å²) in [7, 11) is 0. The van der Waals surface area contributed by atoms with Crippen molar-refractivity contribution in [2.24, 2.45) is 0 Å². The van der Waals surface area contributed by atoms with E-state index in [0.717, 1.165) is 24.2 Å². The van der Waals surface area contributed by atoms with Crippen LogP contribution in [0.2, 0.25) is 0 Å². The lowest BCUT2D eigenvalue weighted by Gasteiger charge is -2.22. The Morgan fingerprint density at radius 2 is 2.25 bits per heavy atom. The van der Waals surface area contributed by atoms with Gasteiger partial charge in [0.25, 0.3) is 0 Å². The highest BCUT2D eigenvalue weighted by atomic mass is 16.5. The van der Waals surface area contributed by atoms with E-state index in [4.69, 9.17) is 4.74 Å². The molecule has 0 bridgehead atoms. The van der Waals surface area contributed by atoms with Crippen LogP contribution in [0.25, 0.3) is 0 Å². The summed E-state index contributed by atoms with van der Waals surface area (Å²) in [6.07, 6.45) is 1.71. The van der Waals surface area contributed by atoms with Gasteiger partial charge < -0.3 is 4.74 Å². The lowest BCUT2D eigenvalue weighted by atomic mass is 9.94. The van der Waals surface area contributed by atoms with Gasteiger partial charge in [0.1, 0.15) is 11.4 Å². The molecule has 1 heterocycles. The molecule has 0 N–H and O–H groups in total. The summed E-state index contributed by atoms with van der Waals surface area (Å²) in [4.78, 5) is 11.1. The maximum absolute atomic E-state index is 11.1. The molecule has 0 spiro atoms. The van der Waals surface area contributed by atoms with Crippen LogP contribution in [-0.4, -0.2) is 11.4 Å². The maximum Gasteiger partial charge on any atom is 0.159 e. The molecule has 2 nitrogen and oxygen atoms in total. The van der Waals surface area contributed by atoms with Crippen molar-refractivity contribution in [3.05, 3.63) is 11.3 Å². The van der Waals surface area contributed by atoms with Gasteiger partial charge in [-0.05, 0) is 27.2 Å². The molecule has 1 rings (SSSR count). The third kappa shape index (κ3) is 1.52. The summed E-state index contributed by atoms with van der Waals surface area (Å²) < 4.78 is 5.63. The Balaban J connectivity index is 2.81. The van der Waals surface area contributed by atoms with Gasteiger partial charge in [0.15, 0.2) is 5.78 Å². The standard InChI is InChI=1S/C10H16O2/c1-5-10(4)6-9(7(2)11)8(3)12-10/h5-6H2,1-4H3. The van der Waals surface area contributed by atoms with E-state index in [9.17, 15) is 4.79 Å². The molecular formula is C10H16O2. The molecule has 0 saturated heterocycles. The van der Waals surface area contributed by atoms with E-state index < -0.39 is 0 Å². The Morgan fingerprint density at radius 3 is 2.50 bits per heavy atom. The predicted molar refractivity (Wildman–Crippen MR) is 47.8 cm³/mol. The summed E-state index contributed by atoms with van der Waals surface area (Å²) in [6, 6.07) is 0. The Morgan fingerprint density at radius 1 is 1.67 bits per heavy atom. The molecule has 1 unspecified atom stereocenters. The van der Waals surface area contributed by atoms with Crippen LogP contribution in [0.4, 0.5) is 0 Å². The molecule has 0 aromatic carbocycles. The van der Waals surface area contributed by atoms with Crippen LogP contribution in [0.1, 0.15) is 40.5 Å². The topological polar surface area (TPSA) is 26.3 Å². The van der Waals surface area contributed by atoms with E-state index in [0.29, 0.717) is 0 Å². The lowest BCUT2D eigenvalue weighted by molar-refractivity contribution is -0.113. The number of hydrogen-bond donors (Lipinski definition) is 0. The van der Waals surface area contributed by atoms with Gasteiger partial charge in [-0.3, -0.25) is 4.79 Å². The van der Waals surface area contributed by atoms with Gasteiger partial charge in [-0.1, -0.05) is 6.92 Å². The minimum atomic E-state index is -0.134. The minimum absolute atomic E-state index is 0.134. The number of allylic oxidation sites excluding steroid dienone is 1. The summed E-state index contributed by atoms with van der Waals surface area (Å²) in [6.45, 7) is 7.60. The third-order valence-corrected chi connectivity index (χ3v) is 2.55. The van der Waals surface area contributed by atoms with Crippen LogP contribution in [0.5, 0.6) is 0 Å². The van der Waals surface area contributed by atoms with E-state index in [1.807, 2.05) is 13.8 Å². The average Bonchev–Trinajstić information content (AvgIpc) is 2.28. The van der Waals surface area contributed by atoms with E-state index in [1.165, 1.54) is 0 Å². The number of Topliss-reactive ketones (excluding diaryl/α,β-unsaturated/α-hetero) is 1. The fraction of sp³-hybridized carbons (Fsp3) is 0.700. The fourth-order valence-corrected chi connectivity index (χ4v) is 1.54. The largest absolute Gasteiger partial charge is 0.491 e. The Bertz CT molecular complexity index is 240. The quantitative estimate of drug-likeness (QED) is 0.633.